The number of carbonyl (C=O) groups is 1. The van der Waals surface area contributed by atoms with Crippen LogP contribution in [-0.4, -0.2) is 50.3 Å². The summed E-state index contributed by atoms with van der Waals surface area (Å²) < 4.78 is 29.7. The van der Waals surface area contributed by atoms with Gasteiger partial charge >= 0.3 is 17.7 Å². The van der Waals surface area contributed by atoms with Crippen LogP contribution in [-0.2, 0) is 32.0 Å². The lowest BCUT2D eigenvalue weighted by atomic mass is 10.2. The molecule has 1 aromatic carbocycles. The lowest BCUT2D eigenvalue weighted by Crippen LogP contribution is -2.37. The van der Waals surface area contributed by atoms with Crippen molar-refractivity contribution in [2.24, 2.45) is 12.2 Å². The molecule has 29 heavy (non-hydrogen) atoms. The summed E-state index contributed by atoms with van der Waals surface area (Å²) >= 11 is -2.13. The van der Waals surface area contributed by atoms with Gasteiger partial charge in [-0.25, -0.2) is 18.4 Å². The summed E-state index contributed by atoms with van der Waals surface area (Å²) in [6.07, 6.45) is 0.703. The molecule has 1 amide bonds. The van der Waals surface area contributed by atoms with Gasteiger partial charge in [0.05, 0.1) is 17.1 Å². The Morgan fingerprint density at radius 1 is 1.34 bits per heavy atom. The fourth-order valence-corrected chi connectivity index (χ4v) is 3.02. The van der Waals surface area contributed by atoms with E-state index >= 15 is 0 Å². The van der Waals surface area contributed by atoms with Crippen LogP contribution in [0.15, 0.2) is 39.1 Å². The Kier molecular flexibility index (Phi) is 6.61. The third-order valence-corrected chi connectivity index (χ3v) is 4.58. The standard InChI is InChI=1S/C16H19N5O7S/c1-3-8-26-15-17-21(16(23)20(15)2)14(22)19-28-29(24)12-7-5-4-6-11(12)13-18-27-10-9-25-13/h4-7H,3,8-10H2,1-2H3,(H,19,22). The van der Waals surface area contributed by atoms with Crippen molar-refractivity contribution in [1.29, 1.82) is 0 Å². The summed E-state index contributed by atoms with van der Waals surface area (Å²) in [5.41, 5.74) is 1.58. The maximum atomic E-state index is 12.5. The van der Waals surface area contributed by atoms with Crippen LogP contribution in [0, 0.1) is 0 Å². The largest absolute Gasteiger partial charge is 0.471 e. The minimum atomic E-state index is -2.13. The van der Waals surface area contributed by atoms with Gasteiger partial charge in [-0.1, -0.05) is 19.1 Å². The fraction of sp³-hybridized carbons (Fsp3) is 0.375. The normalized spacial score (nSPS) is 14.3. The molecule has 1 atom stereocenters. The Bertz CT molecular complexity index is 1000. The monoisotopic (exact) mass is 425 g/mol. The number of hydrogen-bond donors (Lipinski definition) is 1. The maximum Gasteiger partial charge on any atom is 0.371 e. The van der Waals surface area contributed by atoms with E-state index in [0.29, 0.717) is 36.5 Å². The van der Waals surface area contributed by atoms with Crippen molar-refractivity contribution < 1.29 is 27.6 Å². The molecule has 1 aliphatic rings. The number of rotatable bonds is 7. The average Bonchev–Trinajstić information content (AvgIpc) is 3.05. The minimum absolute atomic E-state index is 0.0223. The number of ether oxygens (including phenoxy) is 2. The van der Waals surface area contributed by atoms with Crippen molar-refractivity contribution in [3.05, 3.63) is 40.3 Å². The van der Waals surface area contributed by atoms with E-state index in [9.17, 15) is 13.8 Å². The van der Waals surface area contributed by atoms with Gasteiger partial charge in [0.1, 0.15) is 6.61 Å². The quantitative estimate of drug-likeness (QED) is 0.626. The van der Waals surface area contributed by atoms with Gasteiger partial charge in [0, 0.05) is 7.05 Å². The lowest BCUT2D eigenvalue weighted by molar-refractivity contribution is 0.0653. The highest BCUT2D eigenvalue weighted by atomic mass is 32.2. The van der Waals surface area contributed by atoms with E-state index in [-0.39, 0.29) is 16.8 Å². The number of benzene rings is 1. The van der Waals surface area contributed by atoms with E-state index in [1.165, 1.54) is 13.1 Å². The fourth-order valence-electron chi connectivity index (χ4n) is 2.25. The minimum Gasteiger partial charge on any atom is -0.471 e. The highest BCUT2D eigenvalue weighted by Gasteiger charge is 2.22. The molecule has 1 aromatic heterocycles. The van der Waals surface area contributed by atoms with Gasteiger partial charge in [-0.05, 0) is 23.7 Å². The van der Waals surface area contributed by atoms with Crippen molar-refractivity contribution in [2.75, 3.05) is 19.8 Å². The Morgan fingerprint density at radius 3 is 2.86 bits per heavy atom. The number of nitrogens with zero attached hydrogens (tertiary/aromatic N) is 4. The second-order valence-electron chi connectivity index (χ2n) is 5.68. The molecule has 13 heteroatoms. The van der Waals surface area contributed by atoms with Gasteiger partial charge in [0.15, 0.2) is 6.61 Å². The second-order valence-corrected chi connectivity index (χ2v) is 6.76. The zero-order valence-corrected chi connectivity index (χ0v) is 16.5. The van der Waals surface area contributed by atoms with E-state index in [2.05, 4.69) is 10.3 Å². The van der Waals surface area contributed by atoms with Crippen molar-refractivity contribution >= 4 is 23.0 Å². The summed E-state index contributed by atoms with van der Waals surface area (Å²) in [6, 6.07) is 5.41. The van der Waals surface area contributed by atoms with Crippen molar-refractivity contribution in [1.82, 2.24) is 19.8 Å². The summed E-state index contributed by atoms with van der Waals surface area (Å²) in [5.74, 6) is 0.147. The van der Waals surface area contributed by atoms with Gasteiger partial charge < -0.3 is 14.3 Å². The smallest absolute Gasteiger partial charge is 0.371 e. The van der Waals surface area contributed by atoms with Crippen LogP contribution >= 0.6 is 0 Å². The zero-order chi connectivity index (χ0) is 20.8. The first-order chi connectivity index (χ1) is 14.0. The van der Waals surface area contributed by atoms with E-state index in [0.717, 1.165) is 4.57 Å². The van der Waals surface area contributed by atoms with Gasteiger partial charge in [-0.2, -0.15) is 9.76 Å². The first-order valence-corrected chi connectivity index (χ1v) is 9.70. The number of amides is 1. The molecule has 0 radical (unpaired) electrons. The van der Waals surface area contributed by atoms with E-state index < -0.39 is 22.8 Å². The first-order valence-electron chi connectivity index (χ1n) is 8.63. The average molecular weight is 425 g/mol. The highest BCUT2D eigenvalue weighted by molar-refractivity contribution is 7.80. The van der Waals surface area contributed by atoms with Crippen LogP contribution in [0.4, 0.5) is 4.79 Å². The predicted molar refractivity (Wildman–Crippen MR) is 99.6 cm³/mol. The second kappa shape index (κ2) is 9.34. The number of hydroxylamine groups is 1. The molecular weight excluding hydrogens is 406 g/mol. The highest BCUT2D eigenvalue weighted by Crippen LogP contribution is 2.17. The van der Waals surface area contributed by atoms with Gasteiger partial charge in [0.2, 0.25) is 11.1 Å². The molecular formula is C16H19N5O7S. The zero-order valence-electron chi connectivity index (χ0n) is 15.7. The Balaban J connectivity index is 1.71. The molecule has 156 valence electrons. The van der Waals surface area contributed by atoms with Gasteiger partial charge in [-0.15, -0.1) is 9.78 Å². The number of aromatic nitrogens is 3. The number of hydrogen-bond acceptors (Lipinski definition) is 9. The Morgan fingerprint density at radius 2 is 2.14 bits per heavy atom. The molecule has 0 fully saturated rings. The predicted octanol–water partition coefficient (Wildman–Crippen LogP) is 0.291. The maximum absolute atomic E-state index is 12.5. The van der Waals surface area contributed by atoms with E-state index in [1.54, 1.807) is 18.2 Å². The third-order valence-electron chi connectivity index (χ3n) is 3.63. The molecule has 3 rings (SSSR count). The van der Waals surface area contributed by atoms with Crippen molar-refractivity contribution in [3.8, 4) is 6.01 Å². The summed E-state index contributed by atoms with van der Waals surface area (Å²) in [5, 5.41) is 7.57. The molecule has 1 aliphatic heterocycles. The van der Waals surface area contributed by atoms with Crippen LogP contribution in [0.2, 0.25) is 0 Å². The van der Waals surface area contributed by atoms with Crippen LogP contribution in [0.5, 0.6) is 6.01 Å². The number of carbonyl (C=O) groups excluding carboxylic acids is 1. The van der Waals surface area contributed by atoms with Crippen LogP contribution < -0.4 is 15.9 Å². The molecule has 2 heterocycles. The third kappa shape index (κ3) is 4.63. The topological polar surface area (TPSA) is 135 Å². The van der Waals surface area contributed by atoms with Crippen LogP contribution in [0.3, 0.4) is 0 Å². The molecule has 1 unspecified atom stereocenters. The lowest BCUT2D eigenvalue weighted by Gasteiger charge is -2.15. The van der Waals surface area contributed by atoms with Crippen molar-refractivity contribution in [3.63, 3.8) is 0 Å². The molecule has 0 bridgehead atoms. The summed E-state index contributed by atoms with van der Waals surface area (Å²) in [6.45, 7) is 2.82. The molecule has 1 N–H and O–H groups in total. The van der Waals surface area contributed by atoms with Crippen molar-refractivity contribution in [2.45, 2.75) is 18.2 Å². The van der Waals surface area contributed by atoms with Crippen LogP contribution in [0.1, 0.15) is 18.9 Å². The molecule has 12 nitrogen and oxygen atoms in total. The molecule has 0 spiro atoms. The Labute approximate surface area is 167 Å². The number of nitrogens with one attached hydrogen (secondary N) is 1. The van der Waals surface area contributed by atoms with E-state index in [4.69, 9.17) is 18.6 Å². The SMILES string of the molecule is CCCOc1nn(C(=O)NOS(=O)c2ccccc2C2=NOCCO2)c(=O)n1C. The summed E-state index contributed by atoms with van der Waals surface area (Å²) in [7, 11) is 1.41. The first kappa shape index (κ1) is 20.5. The van der Waals surface area contributed by atoms with Gasteiger partial charge in [0.25, 0.3) is 5.90 Å². The van der Waals surface area contributed by atoms with E-state index in [1.807, 2.05) is 12.4 Å². The molecule has 0 saturated carbocycles. The Hall–Kier alpha value is -3.19. The summed E-state index contributed by atoms with van der Waals surface area (Å²) in [4.78, 5) is 29.5. The van der Waals surface area contributed by atoms with Crippen LogP contribution in [0.25, 0.3) is 0 Å². The molecule has 0 saturated heterocycles. The number of oxime groups is 1. The molecule has 2 aromatic rings. The molecule has 0 aliphatic carbocycles. The van der Waals surface area contributed by atoms with Gasteiger partial charge in [-0.3, -0.25) is 0 Å².